The molecule has 1 N–H and O–H groups in total. The first-order valence-corrected chi connectivity index (χ1v) is 7.22. The van der Waals surface area contributed by atoms with Crippen molar-refractivity contribution in [3.05, 3.63) is 56.6 Å². The molecule has 1 aliphatic heterocycles. The molecule has 1 atom stereocenters. The number of likely N-dealkylation sites (tertiary alicyclic amines) is 1. The maximum Gasteiger partial charge on any atom is 0.260 e. The lowest BCUT2D eigenvalue weighted by molar-refractivity contribution is 0.0734. The first-order valence-electron chi connectivity index (χ1n) is 6.28. The van der Waals surface area contributed by atoms with Crippen molar-refractivity contribution in [3.63, 3.8) is 0 Å². The highest BCUT2D eigenvalue weighted by atomic mass is 32.1. The lowest BCUT2D eigenvalue weighted by Crippen LogP contribution is -2.34. The van der Waals surface area contributed by atoms with Crippen LogP contribution in [0.5, 0.6) is 0 Å². The van der Waals surface area contributed by atoms with Gasteiger partial charge >= 0.3 is 0 Å². The predicted octanol–water partition coefficient (Wildman–Crippen LogP) is 2.41. The van der Waals surface area contributed by atoms with Gasteiger partial charge in [-0.2, -0.15) is 11.3 Å². The van der Waals surface area contributed by atoms with E-state index in [9.17, 15) is 9.59 Å². The lowest BCUT2D eigenvalue weighted by atomic mass is 10.1. The van der Waals surface area contributed by atoms with Gasteiger partial charge in [0.2, 0.25) is 0 Å². The summed E-state index contributed by atoms with van der Waals surface area (Å²) in [7, 11) is 0. The summed E-state index contributed by atoms with van der Waals surface area (Å²) in [6, 6.07) is 5.43. The molecule has 3 heterocycles. The summed E-state index contributed by atoms with van der Waals surface area (Å²) >= 11 is 1.63. The Hall–Kier alpha value is -1.88. The third kappa shape index (κ3) is 2.21. The van der Waals surface area contributed by atoms with E-state index in [2.05, 4.69) is 16.4 Å². The van der Waals surface area contributed by atoms with Gasteiger partial charge in [-0.1, -0.05) is 0 Å². The SMILES string of the molecule is O=C(c1ccc[nH]c1=O)N1CCC[C@@H]1c1ccsc1. The van der Waals surface area contributed by atoms with Crippen molar-refractivity contribution in [3.8, 4) is 0 Å². The van der Waals surface area contributed by atoms with E-state index in [1.54, 1.807) is 29.7 Å². The predicted molar refractivity (Wildman–Crippen MR) is 74.4 cm³/mol. The van der Waals surface area contributed by atoms with Crippen LogP contribution in [0.25, 0.3) is 0 Å². The van der Waals surface area contributed by atoms with Gasteiger partial charge < -0.3 is 9.88 Å². The zero-order valence-electron chi connectivity index (χ0n) is 10.3. The number of pyridine rings is 1. The number of aromatic nitrogens is 1. The Morgan fingerprint density at radius 2 is 2.32 bits per heavy atom. The van der Waals surface area contributed by atoms with Crippen LogP contribution in [0.1, 0.15) is 34.8 Å². The summed E-state index contributed by atoms with van der Waals surface area (Å²) in [5, 5.41) is 4.09. The highest BCUT2D eigenvalue weighted by molar-refractivity contribution is 7.07. The molecule has 1 fully saturated rings. The van der Waals surface area contributed by atoms with Crippen molar-refractivity contribution in [2.75, 3.05) is 6.54 Å². The van der Waals surface area contributed by atoms with Gasteiger partial charge in [0.15, 0.2) is 0 Å². The molecule has 0 bridgehead atoms. The Morgan fingerprint density at radius 3 is 3.05 bits per heavy atom. The fourth-order valence-corrected chi connectivity index (χ4v) is 3.27. The number of hydrogen-bond acceptors (Lipinski definition) is 3. The first kappa shape index (κ1) is 12.2. The molecule has 0 radical (unpaired) electrons. The molecule has 5 heteroatoms. The van der Waals surface area contributed by atoms with Gasteiger partial charge in [0, 0.05) is 12.7 Å². The molecule has 2 aromatic rings. The van der Waals surface area contributed by atoms with Crippen LogP contribution in [0.4, 0.5) is 0 Å². The summed E-state index contributed by atoms with van der Waals surface area (Å²) in [5.74, 6) is -0.171. The second-order valence-electron chi connectivity index (χ2n) is 4.63. The van der Waals surface area contributed by atoms with Crippen LogP contribution in [0, 0.1) is 0 Å². The number of nitrogens with zero attached hydrogens (tertiary/aromatic N) is 1. The minimum atomic E-state index is -0.316. The van der Waals surface area contributed by atoms with Gasteiger partial charge in [0.1, 0.15) is 5.56 Å². The number of rotatable bonds is 2. The van der Waals surface area contributed by atoms with Crippen LogP contribution < -0.4 is 5.56 Å². The van der Waals surface area contributed by atoms with Crippen LogP contribution in [0.3, 0.4) is 0 Å². The highest BCUT2D eigenvalue weighted by Gasteiger charge is 2.31. The van der Waals surface area contributed by atoms with Crippen molar-refractivity contribution >= 4 is 17.2 Å². The maximum atomic E-state index is 12.5. The molecular formula is C14H14N2O2S. The molecule has 0 aromatic carbocycles. The zero-order valence-corrected chi connectivity index (χ0v) is 11.2. The van der Waals surface area contributed by atoms with Gasteiger partial charge in [0.25, 0.3) is 11.5 Å². The standard InChI is InChI=1S/C14H14N2O2S/c17-13-11(3-1-6-15-13)14(18)16-7-2-4-12(16)10-5-8-19-9-10/h1,3,5-6,8-9,12H,2,4,7H2,(H,15,17)/t12-/m1/s1. The quantitative estimate of drug-likeness (QED) is 0.914. The zero-order chi connectivity index (χ0) is 13.2. The average molecular weight is 274 g/mol. The van der Waals surface area contributed by atoms with Crippen molar-refractivity contribution in [1.29, 1.82) is 0 Å². The molecule has 4 nitrogen and oxygen atoms in total. The molecule has 0 spiro atoms. The molecule has 19 heavy (non-hydrogen) atoms. The molecule has 3 rings (SSSR count). The molecule has 0 aliphatic carbocycles. The van der Waals surface area contributed by atoms with E-state index in [4.69, 9.17) is 0 Å². The Labute approximate surface area is 114 Å². The van der Waals surface area contributed by atoms with Crippen LogP contribution in [-0.2, 0) is 0 Å². The van der Waals surface area contributed by atoms with E-state index in [-0.39, 0.29) is 23.1 Å². The van der Waals surface area contributed by atoms with Gasteiger partial charge in [-0.3, -0.25) is 9.59 Å². The third-order valence-electron chi connectivity index (χ3n) is 3.49. The van der Waals surface area contributed by atoms with E-state index in [1.807, 2.05) is 10.3 Å². The lowest BCUT2D eigenvalue weighted by Gasteiger charge is -2.23. The fourth-order valence-electron chi connectivity index (χ4n) is 2.57. The molecule has 1 saturated heterocycles. The number of hydrogen-bond donors (Lipinski definition) is 1. The number of carbonyl (C=O) groups is 1. The molecule has 2 aromatic heterocycles. The van der Waals surface area contributed by atoms with Crippen LogP contribution in [-0.4, -0.2) is 22.3 Å². The monoisotopic (exact) mass is 274 g/mol. The van der Waals surface area contributed by atoms with Gasteiger partial charge in [0.05, 0.1) is 6.04 Å². The molecule has 0 unspecified atom stereocenters. The smallest absolute Gasteiger partial charge is 0.260 e. The van der Waals surface area contributed by atoms with Crippen LogP contribution in [0.2, 0.25) is 0 Å². The number of aromatic amines is 1. The Balaban J connectivity index is 1.91. The van der Waals surface area contributed by atoms with E-state index in [0.717, 1.165) is 12.8 Å². The highest BCUT2D eigenvalue weighted by Crippen LogP contribution is 2.33. The van der Waals surface area contributed by atoms with Gasteiger partial charge in [-0.05, 0) is 47.4 Å². The minimum absolute atomic E-state index is 0.110. The second kappa shape index (κ2) is 5.01. The van der Waals surface area contributed by atoms with Crippen LogP contribution >= 0.6 is 11.3 Å². The Bertz CT molecular complexity index is 633. The molecule has 1 amide bonds. The van der Waals surface area contributed by atoms with E-state index >= 15 is 0 Å². The molecule has 1 aliphatic rings. The van der Waals surface area contributed by atoms with E-state index in [1.165, 1.54) is 5.56 Å². The Morgan fingerprint density at radius 1 is 1.42 bits per heavy atom. The van der Waals surface area contributed by atoms with Crippen molar-refractivity contribution in [2.45, 2.75) is 18.9 Å². The Kier molecular flexibility index (Phi) is 3.21. The number of H-pyrrole nitrogens is 1. The van der Waals surface area contributed by atoms with Gasteiger partial charge in [-0.25, -0.2) is 0 Å². The third-order valence-corrected chi connectivity index (χ3v) is 4.19. The number of thiophene rings is 1. The van der Waals surface area contributed by atoms with Gasteiger partial charge in [-0.15, -0.1) is 0 Å². The largest absolute Gasteiger partial charge is 0.331 e. The minimum Gasteiger partial charge on any atom is -0.331 e. The number of amides is 1. The first-order chi connectivity index (χ1) is 9.27. The summed E-state index contributed by atoms with van der Waals surface area (Å²) in [6.45, 7) is 0.716. The molecule has 98 valence electrons. The van der Waals surface area contributed by atoms with Crippen molar-refractivity contribution in [1.82, 2.24) is 9.88 Å². The molecule has 0 saturated carbocycles. The van der Waals surface area contributed by atoms with Crippen molar-refractivity contribution < 1.29 is 4.79 Å². The summed E-state index contributed by atoms with van der Waals surface area (Å²) in [6.07, 6.45) is 3.49. The van der Waals surface area contributed by atoms with E-state index in [0.29, 0.717) is 6.54 Å². The van der Waals surface area contributed by atoms with Crippen LogP contribution in [0.15, 0.2) is 40.0 Å². The summed E-state index contributed by atoms with van der Waals surface area (Å²) < 4.78 is 0. The topological polar surface area (TPSA) is 53.2 Å². The maximum absolute atomic E-state index is 12.5. The number of carbonyl (C=O) groups excluding carboxylic acids is 1. The summed E-state index contributed by atoms with van der Waals surface area (Å²) in [4.78, 5) is 28.6. The summed E-state index contributed by atoms with van der Waals surface area (Å²) in [5.41, 5.74) is 1.08. The normalized spacial score (nSPS) is 18.7. The fraction of sp³-hybridized carbons (Fsp3) is 0.286. The average Bonchev–Trinajstić information content (AvgIpc) is 3.09. The van der Waals surface area contributed by atoms with E-state index < -0.39 is 0 Å². The molecular weight excluding hydrogens is 260 g/mol. The van der Waals surface area contributed by atoms with Crippen molar-refractivity contribution in [2.24, 2.45) is 0 Å². The second-order valence-corrected chi connectivity index (χ2v) is 5.41. The number of nitrogens with one attached hydrogen (secondary N) is 1.